The third kappa shape index (κ3) is 3.47. The Balaban J connectivity index is 2.69. The third-order valence-corrected chi connectivity index (χ3v) is 4.11. The van der Waals surface area contributed by atoms with Gasteiger partial charge >= 0.3 is 0 Å². The molecule has 0 aliphatic rings. The highest BCUT2D eigenvalue weighted by Gasteiger charge is 2.19. The van der Waals surface area contributed by atoms with Crippen LogP contribution in [0.4, 0.5) is 0 Å². The minimum atomic E-state index is -3.47. The largest absolute Gasteiger partial charge is 0.257 e. The number of sulfonamides is 1. The molecule has 1 unspecified atom stereocenters. The van der Waals surface area contributed by atoms with Crippen LogP contribution in [-0.2, 0) is 17.1 Å². The molecule has 0 saturated carbocycles. The van der Waals surface area contributed by atoms with Gasteiger partial charge in [0, 0.05) is 19.0 Å². The van der Waals surface area contributed by atoms with Crippen LogP contribution in [0.5, 0.6) is 0 Å². The van der Waals surface area contributed by atoms with E-state index in [9.17, 15) is 8.42 Å². The van der Waals surface area contributed by atoms with Crippen molar-refractivity contribution in [3.63, 3.8) is 0 Å². The molecular formula is C9H16ClN3O2S. The zero-order valence-electron chi connectivity index (χ0n) is 9.35. The lowest BCUT2D eigenvalue weighted by molar-refractivity contribution is 0.532. The number of nitrogens with zero attached hydrogens (tertiary/aromatic N) is 2. The van der Waals surface area contributed by atoms with E-state index in [1.165, 1.54) is 16.9 Å². The minimum Gasteiger partial charge on any atom is -0.256 e. The number of alkyl halides is 1. The van der Waals surface area contributed by atoms with Crippen LogP contribution in [0, 0.1) is 0 Å². The predicted octanol–water partition coefficient (Wildman–Crippen LogP) is 1.11. The zero-order chi connectivity index (χ0) is 12.2. The van der Waals surface area contributed by atoms with Crippen molar-refractivity contribution in [3.8, 4) is 0 Å². The fourth-order valence-corrected chi connectivity index (χ4v) is 2.95. The van der Waals surface area contributed by atoms with E-state index < -0.39 is 10.0 Å². The molecule has 1 aromatic heterocycles. The Labute approximate surface area is 101 Å². The second kappa shape index (κ2) is 5.65. The highest BCUT2D eigenvalue weighted by atomic mass is 35.5. The van der Waals surface area contributed by atoms with Crippen molar-refractivity contribution in [1.82, 2.24) is 14.5 Å². The summed E-state index contributed by atoms with van der Waals surface area (Å²) in [4.78, 5) is 0. The second-order valence-electron chi connectivity index (χ2n) is 3.65. The van der Waals surface area contributed by atoms with Gasteiger partial charge in [-0.25, -0.2) is 13.1 Å². The molecule has 1 atom stereocenters. The van der Waals surface area contributed by atoms with E-state index in [4.69, 9.17) is 11.6 Å². The first kappa shape index (κ1) is 13.5. The smallest absolute Gasteiger partial charge is 0.256 e. The molecule has 0 saturated heterocycles. The Morgan fingerprint density at radius 2 is 2.31 bits per heavy atom. The van der Waals surface area contributed by atoms with Crippen LogP contribution >= 0.6 is 11.6 Å². The van der Waals surface area contributed by atoms with Crippen molar-refractivity contribution in [2.75, 3.05) is 5.88 Å². The van der Waals surface area contributed by atoms with Gasteiger partial charge in [-0.1, -0.05) is 0 Å². The summed E-state index contributed by atoms with van der Waals surface area (Å²) in [5.74, 6) is 0.539. The molecule has 0 aromatic carbocycles. The number of hydrogen-bond donors (Lipinski definition) is 1. The Kier molecular flexibility index (Phi) is 4.76. The molecule has 0 spiro atoms. The van der Waals surface area contributed by atoms with E-state index >= 15 is 0 Å². The van der Waals surface area contributed by atoms with Crippen molar-refractivity contribution in [3.05, 3.63) is 12.3 Å². The number of aromatic nitrogens is 2. The molecule has 1 heterocycles. The lowest BCUT2D eigenvalue weighted by atomic mass is 10.2. The fourth-order valence-electron chi connectivity index (χ4n) is 1.39. The van der Waals surface area contributed by atoms with Crippen LogP contribution in [0.3, 0.4) is 0 Å². The number of aryl methyl sites for hydroxylation is 1. The van der Waals surface area contributed by atoms with E-state index in [0.717, 1.165) is 12.8 Å². The van der Waals surface area contributed by atoms with Crippen LogP contribution in [0.2, 0.25) is 0 Å². The molecule has 1 aromatic rings. The van der Waals surface area contributed by atoms with Gasteiger partial charge in [-0.15, -0.1) is 11.6 Å². The molecule has 0 fully saturated rings. The van der Waals surface area contributed by atoms with Crippen molar-refractivity contribution >= 4 is 21.6 Å². The summed E-state index contributed by atoms with van der Waals surface area (Å²) in [7, 11) is -1.87. The number of rotatable bonds is 6. The summed E-state index contributed by atoms with van der Waals surface area (Å²) in [6, 6.07) is 1.34. The van der Waals surface area contributed by atoms with Crippen LogP contribution in [0.15, 0.2) is 17.3 Å². The molecular weight excluding hydrogens is 250 g/mol. The van der Waals surface area contributed by atoms with Gasteiger partial charge in [-0.05, 0) is 25.8 Å². The van der Waals surface area contributed by atoms with Crippen LogP contribution in [0.1, 0.15) is 19.8 Å². The summed E-state index contributed by atoms with van der Waals surface area (Å²) in [5, 5.41) is 4.00. The molecule has 1 rings (SSSR count). The summed E-state index contributed by atoms with van der Waals surface area (Å²) in [5.41, 5.74) is 0. The maximum Gasteiger partial charge on any atom is 0.257 e. The van der Waals surface area contributed by atoms with Gasteiger partial charge in [-0.3, -0.25) is 4.68 Å². The van der Waals surface area contributed by atoms with Crippen molar-refractivity contribution in [2.24, 2.45) is 7.05 Å². The summed E-state index contributed by atoms with van der Waals surface area (Å²) >= 11 is 5.55. The van der Waals surface area contributed by atoms with Crippen molar-refractivity contribution in [1.29, 1.82) is 0 Å². The van der Waals surface area contributed by atoms with E-state index in [1.807, 2.05) is 6.92 Å². The third-order valence-electron chi connectivity index (χ3n) is 2.18. The molecule has 1 N–H and O–H groups in total. The van der Waals surface area contributed by atoms with Crippen LogP contribution < -0.4 is 4.72 Å². The molecule has 16 heavy (non-hydrogen) atoms. The molecule has 92 valence electrons. The van der Waals surface area contributed by atoms with Gasteiger partial charge in [0.05, 0.1) is 6.20 Å². The fraction of sp³-hybridized carbons (Fsp3) is 0.667. The highest BCUT2D eigenvalue weighted by Crippen LogP contribution is 2.08. The Hall–Kier alpha value is -0.590. The van der Waals surface area contributed by atoms with Gasteiger partial charge in [-0.2, -0.15) is 5.10 Å². The first-order valence-corrected chi connectivity index (χ1v) is 7.05. The normalized spacial score (nSPS) is 13.9. The van der Waals surface area contributed by atoms with Gasteiger partial charge < -0.3 is 0 Å². The predicted molar refractivity (Wildman–Crippen MR) is 62.9 cm³/mol. The topological polar surface area (TPSA) is 64.0 Å². The first-order chi connectivity index (χ1) is 7.47. The zero-order valence-corrected chi connectivity index (χ0v) is 10.9. The summed E-state index contributed by atoms with van der Waals surface area (Å²) < 4.78 is 27.7. The van der Waals surface area contributed by atoms with E-state index in [0.29, 0.717) is 5.88 Å². The molecule has 0 aliphatic carbocycles. The van der Waals surface area contributed by atoms with E-state index in [1.54, 1.807) is 7.05 Å². The average molecular weight is 266 g/mol. The molecule has 7 heteroatoms. The lowest BCUT2D eigenvalue weighted by Gasteiger charge is -2.13. The van der Waals surface area contributed by atoms with Crippen LogP contribution in [-0.4, -0.2) is 30.1 Å². The van der Waals surface area contributed by atoms with Crippen LogP contribution in [0.25, 0.3) is 0 Å². The maximum absolute atomic E-state index is 11.9. The number of halogens is 1. The lowest BCUT2D eigenvalue weighted by Crippen LogP contribution is -2.33. The van der Waals surface area contributed by atoms with E-state index in [2.05, 4.69) is 9.82 Å². The van der Waals surface area contributed by atoms with Crippen molar-refractivity contribution < 1.29 is 8.42 Å². The average Bonchev–Trinajstić information content (AvgIpc) is 2.61. The van der Waals surface area contributed by atoms with E-state index in [-0.39, 0.29) is 11.1 Å². The Bertz CT molecular complexity index is 430. The number of hydrogen-bond acceptors (Lipinski definition) is 3. The molecule has 0 aliphatic heterocycles. The van der Waals surface area contributed by atoms with Gasteiger partial charge in [0.1, 0.15) is 0 Å². The minimum absolute atomic E-state index is 0.126. The quantitative estimate of drug-likeness (QED) is 0.784. The molecule has 0 bridgehead atoms. The SMILES string of the molecule is CC(CCCCl)NS(=O)(=O)c1ccnn1C. The summed E-state index contributed by atoms with van der Waals surface area (Å²) in [6.45, 7) is 1.82. The Morgan fingerprint density at radius 1 is 1.62 bits per heavy atom. The summed E-state index contributed by atoms with van der Waals surface area (Å²) in [6.07, 6.45) is 2.97. The van der Waals surface area contributed by atoms with Gasteiger partial charge in [0.2, 0.25) is 0 Å². The number of nitrogens with one attached hydrogen (secondary N) is 1. The monoisotopic (exact) mass is 265 g/mol. The Morgan fingerprint density at radius 3 is 2.81 bits per heavy atom. The molecule has 0 amide bonds. The highest BCUT2D eigenvalue weighted by molar-refractivity contribution is 7.89. The first-order valence-electron chi connectivity index (χ1n) is 5.03. The standard InChI is InChI=1S/C9H16ClN3O2S/c1-8(4-3-6-10)12-16(14,15)9-5-7-11-13(9)2/h5,7-8,12H,3-4,6H2,1-2H3. The maximum atomic E-state index is 11.9. The van der Waals surface area contributed by atoms with Gasteiger partial charge in [0.25, 0.3) is 10.0 Å². The molecule has 0 radical (unpaired) electrons. The molecule has 5 nitrogen and oxygen atoms in total. The van der Waals surface area contributed by atoms with Crippen molar-refractivity contribution in [2.45, 2.75) is 30.8 Å². The second-order valence-corrected chi connectivity index (χ2v) is 5.69. The van der Waals surface area contributed by atoms with Gasteiger partial charge in [0.15, 0.2) is 5.03 Å².